The topological polar surface area (TPSA) is 18.5 Å². The van der Waals surface area contributed by atoms with Gasteiger partial charge in [0.2, 0.25) is 0 Å². The predicted molar refractivity (Wildman–Crippen MR) is 68.2 cm³/mol. The lowest BCUT2D eigenvalue weighted by molar-refractivity contribution is -0.554. The van der Waals surface area contributed by atoms with Crippen molar-refractivity contribution >= 4 is 0 Å². The van der Waals surface area contributed by atoms with E-state index in [1.807, 2.05) is 0 Å². The van der Waals surface area contributed by atoms with Gasteiger partial charge in [-0.05, 0) is 0 Å². The SMILES string of the molecule is FC(F)(F)C(F)(OC(F)(F)C(F)(OC(F)(F)C(F)(F)C(F)(F)F)C(F)(F)F)c1ccccc1. The largest absolute Gasteiger partial charge is 0.462 e. The molecule has 0 radical (unpaired) electrons. The summed E-state index contributed by atoms with van der Waals surface area (Å²) < 4.78 is 225. The van der Waals surface area contributed by atoms with Crippen molar-refractivity contribution in [2.45, 2.75) is 48.4 Å². The normalized spacial score (nSPS) is 18.6. The highest BCUT2D eigenvalue weighted by Gasteiger charge is 2.85. The zero-order chi connectivity index (χ0) is 26.5. The van der Waals surface area contributed by atoms with Crippen LogP contribution >= 0.6 is 0 Å². The smallest absolute Gasteiger partial charge is 0.266 e. The van der Waals surface area contributed by atoms with Crippen LogP contribution in [0, 0.1) is 0 Å². The molecule has 192 valence electrons. The average Bonchev–Trinajstić information content (AvgIpc) is 2.58. The molecular weight excluding hydrogens is 523 g/mol. The van der Waals surface area contributed by atoms with Gasteiger partial charge < -0.3 is 0 Å². The van der Waals surface area contributed by atoms with E-state index in [0.717, 1.165) is 6.07 Å². The molecule has 0 aliphatic rings. The van der Waals surface area contributed by atoms with Gasteiger partial charge in [0.05, 0.1) is 0 Å². The molecule has 0 fully saturated rings. The summed E-state index contributed by atoms with van der Waals surface area (Å²) >= 11 is 0. The Morgan fingerprint density at radius 2 is 0.879 bits per heavy atom. The molecule has 2 nitrogen and oxygen atoms in total. The molecule has 19 heteroatoms. The van der Waals surface area contributed by atoms with E-state index in [1.54, 1.807) is 0 Å². The Hall–Kier alpha value is -2.05. The van der Waals surface area contributed by atoms with Gasteiger partial charge in [0.1, 0.15) is 0 Å². The van der Waals surface area contributed by atoms with Gasteiger partial charge in [-0.2, -0.15) is 74.6 Å². The molecular formula is C14H5F17O2. The Morgan fingerprint density at radius 3 is 1.21 bits per heavy atom. The summed E-state index contributed by atoms with van der Waals surface area (Å²) in [7, 11) is 0. The molecule has 0 aromatic heterocycles. The molecule has 0 spiro atoms. The maximum atomic E-state index is 14.4. The van der Waals surface area contributed by atoms with Gasteiger partial charge in [-0.25, -0.2) is 0 Å². The Bertz CT molecular complexity index is 812. The van der Waals surface area contributed by atoms with Crippen molar-refractivity contribution in [2.75, 3.05) is 0 Å². The van der Waals surface area contributed by atoms with Gasteiger partial charge in [-0.15, -0.1) is 0 Å². The van der Waals surface area contributed by atoms with Crippen LogP contribution in [0.5, 0.6) is 0 Å². The van der Waals surface area contributed by atoms with E-state index in [-0.39, 0.29) is 12.1 Å². The minimum absolute atomic E-state index is 0.0651. The van der Waals surface area contributed by atoms with E-state index in [0.29, 0.717) is 12.1 Å². The number of hydrogen-bond donors (Lipinski definition) is 0. The first kappa shape index (κ1) is 29.0. The molecule has 1 aromatic carbocycles. The molecule has 0 heterocycles. The first-order valence-corrected chi connectivity index (χ1v) is 7.44. The predicted octanol–water partition coefficient (Wildman–Crippen LogP) is 7.02. The first-order chi connectivity index (χ1) is 14.3. The molecule has 0 saturated carbocycles. The lowest BCUT2D eigenvalue weighted by atomic mass is 10.1. The Morgan fingerprint density at radius 1 is 0.455 bits per heavy atom. The van der Waals surface area contributed by atoms with E-state index in [9.17, 15) is 74.6 Å². The summed E-state index contributed by atoms with van der Waals surface area (Å²) in [5.74, 6) is -21.8. The summed E-state index contributed by atoms with van der Waals surface area (Å²) in [6, 6.07) is 1.58. The van der Waals surface area contributed by atoms with Crippen LogP contribution in [0.15, 0.2) is 30.3 Å². The summed E-state index contributed by atoms with van der Waals surface area (Å²) in [5.41, 5.74) is -2.13. The molecule has 0 amide bonds. The molecule has 0 saturated heterocycles. The molecule has 1 aromatic rings. The van der Waals surface area contributed by atoms with Crippen LogP contribution < -0.4 is 0 Å². The standard InChI is InChI=1S/C14H5F17O2/c15-7(10(19,20)21,6-4-2-1-3-5-6)32-14(30,31)9(18,12(25,26)27)33-13(28,29)8(16,17)11(22,23)24/h1-5H. The molecule has 0 N–H and O–H groups in total. The van der Waals surface area contributed by atoms with Crippen molar-refractivity contribution in [3.63, 3.8) is 0 Å². The van der Waals surface area contributed by atoms with E-state index in [1.165, 1.54) is 4.74 Å². The molecule has 0 aliphatic carbocycles. The summed E-state index contributed by atoms with van der Waals surface area (Å²) in [6.07, 6.45) is -37.6. The zero-order valence-electron chi connectivity index (χ0n) is 14.6. The van der Waals surface area contributed by atoms with Crippen molar-refractivity contribution in [1.82, 2.24) is 0 Å². The maximum absolute atomic E-state index is 14.4. The van der Waals surface area contributed by atoms with Gasteiger partial charge in [-0.3, -0.25) is 9.47 Å². The monoisotopic (exact) mass is 528 g/mol. The van der Waals surface area contributed by atoms with Crippen molar-refractivity contribution in [1.29, 1.82) is 0 Å². The third-order valence-corrected chi connectivity index (χ3v) is 3.51. The van der Waals surface area contributed by atoms with Gasteiger partial charge in [0.15, 0.2) is 0 Å². The van der Waals surface area contributed by atoms with Crippen LogP contribution in [0.4, 0.5) is 74.6 Å². The van der Waals surface area contributed by atoms with Crippen LogP contribution in [0.25, 0.3) is 0 Å². The third-order valence-electron chi connectivity index (χ3n) is 3.51. The molecule has 2 atom stereocenters. The van der Waals surface area contributed by atoms with Gasteiger partial charge in [0, 0.05) is 5.56 Å². The quantitative estimate of drug-likeness (QED) is 0.355. The maximum Gasteiger partial charge on any atom is 0.462 e. The molecule has 33 heavy (non-hydrogen) atoms. The molecule has 0 aliphatic heterocycles. The Labute approximate surface area is 169 Å². The summed E-state index contributed by atoms with van der Waals surface area (Å²) in [4.78, 5) is 0. The first-order valence-electron chi connectivity index (χ1n) is 7.44. The third kappa shape index (κ3) is 4.92. The zero-order valence-corrected chi connectivity index (χ0v) is 14.6. The van der Waals surface area contributed by atoms with E-state index in [4.69, 9.17) is 0 Å². The van der Waals surface area contributed by atoms with Gasteiger partial charge in [0.25, 0.3) is 0 Å². The lowest BCUT2D eigenvalue weighted by Gasteiger charge is -2.40. The summed E-state index contributed by atoms with van der Waals surface area (Å²) in [5, 5.41) is 0. The number of alkyl halides is 17. The number of benzene rings is 1. The highest BCUT2D eigenvalue weighted by Crippen LogP contribution is 2.57. The van der Waals surface area contributed by atoms with Crippen LogP contribution in [-0.4, -0.2) is 42.5 Å². The van der Waals surface area contributed by atoms with Crippen molar-refractivity contribution in [2.24, 2.45) is 0 Å². The molecule has 2 unspecified atom stereocenters. The minimum Gasteiger partial charge on any atom is -0.266 e. The van der Waals surface area contributed by atoms with E-state index < -0.39 is 53.9 Å². The number of hydrogen-bond acceptors (Lipinski definition) is 2. The highest BCUT2D eigenvalue weighted by molar-refractivity contribution is 5.22. The van der Waals surface area contributed by atoms with E-state index in [2.05, 4.69) is 4.74 Å². The minimum atomic E-state index is -7.88. The van der Waals surface area contributed by atoms with E-state index >= 15 is 0 Å². The van der Waals surface area contributed by atoms with Crippen molar-refractivity contribution in [3.05, 3.63) is 35.9 Å². The second-order valence-electron chi connectivity index (χ2n) is 5.86. The second kappa shape index (κ2) is 8.02. The molecule has 0 bridgehead atoms. The fourth-order valence-corrected chi connectivity index (χ4v) is 1.86. The number of rotatable bonds is 7. The Kier molecular flexibility index (Phi) is 7.04. The average molecular weight is 528 g/mol. The molecule has 1 rings (SSSR count). The summed E-state index contributed by atoms with van der Waals surface area (Å²) in [6.45, 7) is 0. The number of ether oxygens (including phenoxy) is 2. The second-order valence-corrected chi connectivity index (χ2v) is 5.86. The van der Waals surface area contributed by atoms with Crippen LogP contribution in [0.2, 0.25) is 0 Å². The van der Waals surface area contributed by atoms with Crippen LogP contribution in [-0.2, 0) is 15.3 Å². The highest BCUT2D eigenvalue weighted by atomic mass is 19.4. The fraction of sp³-hybridized carbons (Fsp3) is 0.571. The lowest BCUT2D eigenvalue weighted by Crippen LogP contribution is -2.66. The van der Waals surface area contributed by atoms with Gasteiger partial charge in [-0.1, -0.05) is 30.3 Å². The van der Waals surface area contributed by atoms with Crippen LogP contribution in [0.1, 0.15) is 5.56 Å². The van der Waals surface area contributed by atoms with Crippen molar-refractivity contribution in [3.8, 4) is 0 Å². The number of halogens is 17. The Balaban J connectivity index is 3.68. The van der Waals surface area contributed by atoms with Crippen LogP contribution in [0.3, 0.4) is 0 Å². The van der Waals surface area contributed by atoms with Crippen molar-refractivity contribution < 1.29 is 84.1 Å². The van der Waals surface area contributed by atoms with Gasteiger partial charge >= 0.3 is 48.4 Å². The fourth-order valence-electron chi connectivity index (χ4n) is 1.86.